The van der Waals surface area contributed by atoms with Crippen molar-refractivity contribution in [1.82, 2.24) is 14.9 Å². The van der Waals surface area contributed by atoms with Gasteiger partial charge >= 0.3 is 0 Å². The highest BCUT2D eigenvalue weighted by Crippen LogP contribution is 2.43. The molecular formula is C21H24N4O2S. The summed E-state index contributed by atoms with van der Waals surface area (Å²) in [4.78, 5) is 26.4. The van der Waals surface area contributed by atoms with E-state index in [-0.39, 0.29) is 11.4 Å². The molecule has 6 nitrogen and oxygen atoms in total. The van der Waals surface area contributed by atoms with Crippen LogP contribution in [0.3, 0.4) is 0 Å². The molecule has 0 aromatic carbocycles. The molecule has 3 aromatic heterocycles. The molecule has 0 N–H and O–H groups in total. The van der Waals surface area contributed by atoms with Crippen LogP contribution in [0.2, 0.25) is 0 Å². The van der Waals surface area contributed by atoms with Gasteiger partial charge in [0.15, 0.2) is 5.76 Å². The lowest BCUT2D eigenvalue weighted by Gasteiger charge is -2.39. The Morgan fingerprint density at radius 1 is 1.11 bits per heavy atom. The Morgan fingerprint density at radius 2 is 1.96 bits per heavy atom. The summed E-state index contributed by atoms with van der Waals surface area (Å²) in [5.74, 6) is 2.31. The Labute approximate surface area is 168 Å². The van der Waals surface area contributed by atoms with E-state index >= 15 is 0 Å². The third-order valence-corrected chi connectivity index (χ3v) is 7.13. The van der Waals surface area contributed by atoms with Crippen molar-refractivity contribution in [2.45, 2.75) is 44.6 Å². The van der Waals surface area contributed by atoms with Crippen LogP contribution in [0.5, 0.6) is 0 Å². The van der Waals surface area contributed by atoms with E-state index in [4.69, 9.17) is 4.42 Å². The number of aromatic nitrogens is 2. The van der Waals surface area contributed by atoms with Gasteiger partial charge in [0.05, 0.1) is 10.2 Å². The summed E-state index contributed by atoms with van der Waals surface area (Å²) in [7, 11) is 0. The molecule has 2 saturated heterocycles. The molecule has 2 aliphatic heterocycles. The number of aryl methyl sites for hydroxylation is 1. The van der Waals surface area contributed by atoms with E-state index < -0.39 is 0 Å². The third-order valence-electron chi connectivity index (χ3n) is 6.23. The van der Waals surface area contributed by atoms with E-state index in [0.29, 0.717) is 5.76 Å². The zero-order chi connectivity index (χ0) is 19.1. The van der Waals surface area contributed by atoms with E-state index in [1.807, 2.05) is 17.9 Å². The number of hydrogen-bond donors (Lipinski definition) is 0. The van der Waals surface area contributed by atoms with Crippen LogP contribution in [0, 0.1) is 6.92 Å². The van der Waals surface area contributed by atoms with Crippen LogP contribution in [0.4, 0.5) is 5.82 Å². The molecule has 0 saturated carbocycles. The first kappa shape index (κ1) is 17.7. The summed E-state index contributed by atoms with van der Waals surface area (Å²) in [6.07, 6.45) is 7.07. The molecule has 7 heteroatoms. The standard InChI is InChI=1S/C21H24N4O2S/c1-15-4-5-17(27-15)20(26)24-10-2-7-21(9-12-24)8-3-11-25(21)19-18-16(6-13-28-18)22-14-23-19/h4-6,13-14H,2-3,7-12H2,1H3/t21-/m0/s1. The fourth-order valence-corrected chi connectivity index (χ4v) is 5.69. The summed E-state index contributed by atoms with van der Waals surface area (Å²) in [5, 5.41) is 2.09. The number of fused-ring (bicyclic) bond motifs is 1. The van der Waals surface area contributed by atoms with Gasteiger partial charge in [-0.2, -0.15) is 0 Å². The molecule has 1 amide bonds. The highest BCUT2D eigenvalue weighted by molar-refractivity contribution is 7.17. The van der Waals surface area contributed by atoms with Crippen LogP contribution in [0.15, 0.2) is 34.3 Å². The monoisotopic (exact) mass is 396 g/mol. The minimum Gasteiger partial charge on any atom is -0.456 e. The number of likely N-dealkylation sites (tertiary alicyclic amines) is 1. The number of rotatable bonds is 2. The molecule has 2 fully saturated rings. The average molecular weight is 397 g/mol. The van der Waals surface area contributed by atoms with Crippen molar-refractivity contribution >= 4 is 33.3 Å². The first-order valence-corrected chi connectivity index (χ1v) is 10.9. The molecule has 28 heavy (non-hydrogen) atoms. The minimum atomic E-state index is 0.0115. The van der Waals surface area contributed by atoms with Crippen molar-refractivity contribution in [3.05, 3.63) is 41.4 Å². The van der Waals surface area contributed by atoms with Crippen molar-refractivity contribution in [2.24, 2.45) is 0 Å². The number of furan rings is 1. The Kier molecular flexibility index (Phi) is 4.34. The lowest BCUT2D eigenvalue weighted by atomic mass is 9.87. The molecule has 146 valence electrons. The second kappa shape index (κ2) is 6.88. The normalized spacial score (nSPS) is 22.9. The molecule has 0 bridgehead atoms. The van der Waals surface area contributed by atoms with E-state index in [1.165, 1.54) is 11.1 Å². The number of nitrogens with zero attached hydrogens (tertiary/aromatic N) is 4. The van der Waals surface area contributed by atoms with Gasteiger partial charge in [0, 0.05) is 25.2 Å². The topological polar surface area (TPSA) is 62.5 Å². The lowest BCUT2D eigenvalue weighted by molar-refractivity contribution is 0.0726. The van der Waals surface area contributed by atoms with Crippen molar-refractivity contribution < 1.29 is 9.21 Å². The third kappa shape index (κ3) is 2.89. The molecule has 0 aliphatic carbocycles. The number of carbonyl (C=O) groups excluding carboxylic acids is 1. The molecule has 5 rings (SSSR count). The molecule has 0 radical (unpaired) electrons. The van der Waals surface area contributed by atoms with Crippen LogP contribution in [0.1, 0.15) is 48.4 Å². The van der Waals surface area contributed by atoms with Crippen molar-refractivity contribution in [3.8, 4) is 0 Å². The summed E-state index contributed by atoms with van der Waals surface area (Å²) in [6, 6.07) is 5.70. The van der Waals surface area contributed by atoms with Crippen molar-refractivity contribution in [2.75, 3.05) is 24.5 Å². The van der Waals surface area contributed by atoms with Crippen LogP contribution in [-0.4, -0.2) is 45.9 Å². The number of thiophene rings is 1. The summed E-state index contributed by atoms with van der Waals surface area (Å²) >= 11 is 1.71. The largest absolute Gasteiger partial charge is 0.456 e. The van der Waals surface area contributed by atoms with Crippen molar-refractivity contribution in [3.63, 3.8) is 0 Å². The molecule has 0 unspecified atom stereocenters. The zero-order valence-electron chi connectivity index (χ0n) is 16.1. The maximum absolute atomic E-state index is 12.9. The quantitative estimate of drug-likeness (QED) is 0.648. The minimum absolute atomic E-state index is 0.0115. The van der Waals surface area contributed by atoms with Crippen molar-refractivity contribution in [1.29, 1.82) is 0 Å². The fraction of sp³-hybridized carbons (Fsp3) is 0.476. The van der Waals surface area contributed by atoms with Gasteiger partial charge in [-0.3, -0.25) is 4.79 Å². The van der Waals surface area contributed by atoms with Gasteiger partial charge < -0.3 is 14.2 Å². The van der Waals surface area contributed by atoms with Crippen LogP contribution in [-0.2, 0) is 0 Å². The predicted octanol–water partition coefficient (Wildman–Crippen LogP) is 4.26. The van der Waals surface area contributed by atoms with E-state index in [0.717, 1.165) is 62.4 Å². The summed E-state index contributed by atoms with van der Waals surface area (Å²) in [6.45, 7) is 4.44. The zero-order valence-corrected chi connectivity index (χ0v) is 16.9. The van der Waals surface area contributed by atoms with Crippen LogP contribution >= 0.6 is 11.3 Å². The van der Waals surface area contributed by atoms with Crippen LogP contribution in [0.25, 0.3) is 10.2 Å². The van der Waals surface area contributed by atoms with E-state index in [2.05, 4.69) is 26.3 Å². The van der Waals surface area contributed by atoms with E-state index in [9.17, 15) is 4.79 Å². The Morgan fingerprint density at radius 3 is 2.79 bits per heavy atom. The molecule has 5 heterocycles. The maximum Gasteiger partial charge on any atom is 0.289 e. The van der Waals surface area contributed by atoms with Gasteiger partial charge in [-0.25, -0.2) is 9.97 Å². The number of hydrogen-bond acceptors (Lipinski definition) is 6. The van der Waals surface area contributed by atoms with Gasteiger partial charge in [0.25, 0.3) is 5.91 Å². The fourth-order valence-electron chi connectivity index (χ4n) is 4.84. The molecule has 1 spiro atoms. The second-order valence-electron chi connectivity index (χ2n) is 7.87. The smallest absolute Gasteiger partial charge is 0.289 e. The first-order valence-electron chi connectivity index (χ1n) is 9.98. The average Bonchev–Trinajstić information content (AvgIpc) is 3.40. The van der Waals surface area contributed by atoms with Gasteiger partial charge in [0.1, 0.15) is 17.9 Å². The Hall–Kier alpha value is -2.41. The summed E-state index contributed by atoms with van der Waals surface area (Å²) in [5.41, 5.74) is 1.11. The maximum atomic E-state index is 12.9. The summed E-state index contributed by atoms with van der Waals surface area (Å²) < 4.78 is 6.74. The SMILES string of the molecule is Cc1ccc(C(=O)N2CCC[C@]3(CCCN3c3ncnc4ccsc34)CC2)o1. The number of carbonyl (C=O) groups is 1. The lowest BCUT2D eigenvalue weighted by Crippen LogP contribution is -2.45. The van der Waals surface area contributed by atoms with Gasteiger partial charge in [-0.05, 0) is 62.6 Å². The molecular weight excluding hydrogens is 372 g/mol. The predicted molar refractivity (Wildman–Crippen MR) is 110 cm³/mol. The highest BCUT2D eigenvalue weighted by atomic mass is 32.1. The Balaban J connectivity index is 1.41. The van der Waals surface area contributed by atoms with Gasteiger partial charge in [-0.1, -0.05) is 0 Å². The van der Waals surface area contributed by atoms with Gasteiger partial charge in [0.2, 0.25) is 0 Å². The number of amides is 1. The van der Waals surface area contributed by atoms with Gasteiger partial charge in [-0.15, -0.1) is 11.3 Å². The molecule has 2 aliphatic rings. The molecule has 1 atom stereocenters. The van der Waals surface area contributed by atoms with Crippen LogP contribution < -0.4 is 4.90 Å². The van der Waals surface area contributed by atoms with E-state index in [1.54, 1.807) is 23.7 Å². The first-order chi connectivity index (χ1) is 13.7. The Bertz CT molecular complexity index is 1010. The highest BCUT2D eigenvalue weighted by Gasteiger charge is 2.43. The second-order valence-corrected chi connectivity index (χ2v) is 8.78. The number of anilines is 1. The molecule has 3 aromatic rings.